The van der Waals surface area contributed by atoms with Gasteiger partial charge in [-0.2, -0.15) is 0 Å². The number of nitrogens with two attached hydrogens (primary N) is 1. The first-order valence-corrected chi connectivity index (χ1v) is 9.98. The summed E-state index contributed by atoms with van der Waals surface area (Å²) in [5.74, 6) is 0.130. The van der Waals surface area contributed by atoms with E-state index >= 15 is 0 Å². The van der Waals surface area contributed by atoms with Crippen LogP contribution in [0, 0.1) is 0 Å². The van der Waals surface area contributed by atoms with Crippen LogP contribution in [0.1, 0.15) is 12.8 Å². The monoisotopic (exact) mass is 382 g/mol. The minimum Gasteiger partial charge on any atom is -0.399 e. The number of rotatable bonds is 4. The van der Waals surface area contributed by atoms with E-state index in [1.807, 2.05) is 0 Å². The minimum atomic E-state index is -3.76. The molecule has 1 fully saturated rings. The zero-order valence-electron chi connectivity index (χ0n) is 10.5. The van der Waals surface area contributed by atoms with E-state index in [0.717, 1.165) is 0 Å². The molecule has 112 valence electrons. The summed E-state index contributed by atoms with van der Waals surface area (Å²) in [5, 5.41) is -0.634. The first kappa shape index (κ1) is 15.7. The van der Waals surface area contributed by atoms with Crippen molar-refractivity contribution in [2.75, 3.05) is 18.0 Å². The average molecular weight is 383 g/mol. The normalized spacial score (nSPS) is 21.9. The maximum absolute atomic E-state index is 12.2. The third kappa shape index (κ3) is 3.33. The van der Waals surface area contributed by atoms with Crippen LogP contribution in [-0.4, -0.2) is 34.4 Å². The fourth-order valence-electron chi connectivity index (χ4n) is 2.10. The van der Waals surface area contributed by atoms with Crippen LogP contribution in [0.5, 0.6) is 0 Å². The molecule has 20 heavy (non-hydrogen) atoms. The van der Waals surface area contributed by atoms with E-state index in [-0.39, 0.29) is 17.2 Å². The summed E-state index contributed by atoms with van der Waals surface area (Å²) < 4.78 is 50.3. The van der Waals surface area contributed by atoms with Gasteiger partial charge in [0.15, 0.2) is 9.84 Å². The minimum absolute atomic E-state index is 0.0436. The summed E-state index contributed by atoms with van der Waals surface area (Å²) in [4.78, 5) is 0.0436. The van der Waals surface area contributed by atoms with Crippen LogP contribution in [0.2, 0.25) is 0 Å². The van der Waals surface area contributed by atoms with E-state index in [2.05, 4.69) is 20.7 Å². The zero-order valence-corrected chi connectivity index (χ0v) is 13.8. The van der Waals surface area contributed by atoms with E-state index in [0.29, 0.717) is 23.0 Å². The molecule has 2 rings (SSSR count). The molecule has 9 heteroatoms. The van der Waals surface area contributed by atoms with Crippen LogP contribution in [-0.2, 0) is 19.9 Å². The molecule has 0 spiro atoms. The third-order valence-electron chi connectivity index (χ3n) is 3.21. The maximum Gasteiger partial charge on any atom is 0.241 e. The van der Waals surface area contributed by atoms with Gasteiger partial charge >= 0.3 is 0 Å². The lowest BCUT2D eigenvalue weighted by atomic mass is 10.2. The Morgan fingerprint density at radius 1 is 1.40 bits per heavy atom. The number of halogens is 1. The lowest BCUT2D eigenvalue weighted by molar-refractivity contribution is 0.570. The fourth-order valence-corrected chi connectivity index (χ4v) is 6.15. The molecule has 0 aliphatic carbocycles. The van der Waals surface area contributed by atoms with Gasteiger partial charge in [0.2, 0.25) is 10.0 Å². The summed E-state index contributed by atoms with van der Waals surface area (Å²) in [6.45, 7) is -0.0958. The van der Waals surface area contributed by atoms with Crippen LogP contribution in [0.4, 0.5) is 5.69 Å². The zero-order chi connectivity index (χ0) is 15.0. The van der Waals surface area contributed by atoms with E-state index in [9.17, 15) is 16.8 Å². The van der Waals surface area contributed by atoms with Crippen molar-refractivity contribution < 1.29 is 16.8 Å². The third-order valence-corrected chi connectivity index (χ3v) is 7.89. The van der Waals surface area contributed by atoms with Crippen LogP contribution in [0.25, 0.3) is 0 Å². The van der Waals surface area contributed by atoms with Gasteiger partial charge in [0, 0.05) is 16.7 Å². The number of anilines is 1. The van der Waals surface area contributed by atoms with Crippen molar-refractivity contribution in [3.63, 3.8) is 0 Å². The lowest BCUT2D eigenvalue weighted by Crippen LogP contribution is -2.34. The van der Waals surface area contributed by atoms with Gasteiger partial charge in [-0.25, -0.2) is 21.6 Å². The van der Waals surface area contributed by atoms with Crippen LogP contribution < -0.4 is 10.5 Å². The second-order valence-corrected chi connectivity index (χ2v) is 9.66. The van der Waals surface area contributed by atoms with Gasteiger partial charge < -0.3 is 5.73 Å². The number of benzene rings is 1. The number of nitrogens with one attached hydrogen (secondary N) is 1. The van der Waals surface area contributed by atoms with Crippen molar-refractivity contribution >= 4 is 41.5 Å². The molecule has 0 saturated carbocycles. The fraction of sp³-hybridized carbons (Fsp3) is 0.455. The molecule has 3 N–H and O–H groups in total. The van der Waals surface area contributed by atoms with Gasteiger partial charge in [0.05, 0.1) is 15.9 Å². The molecule has 1 aromatic rings. The molecule has 1 unspecified atom stereocenters. The van der Waals surface area contributed by atoms with Gasteiger partial charge in [0.25, 0.3) is 0 Å². The Kier molecular flexibility index (Phi) is 4.43. The first-order chi connectivity index (χ1) is 9.22. The molecule has 1 aromatic carbocycles. The Balaban J connectivity index is 2.16. The van der Waals surface area contributed by atoms with Gasteiger partial charge in [0.1, 0.15) is 0 Å². The van der Waals surface area contributed by atoms with Gasteiger partial charge in [-0.05, 0) is 47.0 Å². The SMILES string of the molecule is Nc1ccc(S(=O)(=O)NCC2CCCS2(=O)=O)c(Br)c1. The van der Waals surface area contributed by atoms with Gasteiger partial charge in [-0.1, -0.05) is 0 Å². The van der Waals surface area contributed by atoms with E-state index in [1.54, 1.807) is 0 Å². The molecule has 6 nitrogen and oxygen atoms in total. The molecule has 1 heterocycles. The van der Waals surface area contributed by atoms with Crippen LogP contribution in [0.15, 0.2) is 27.6 Å². The predicted octanol–water partition coefficient (Wildman–Crippen LogP) is 0.887. The summed E-state index contributed by atoms with van der Waals surface area (Å²) in [6.07, 6.45) is 1.08. The highest BCUT2D eigenvalue weighted by molar-refractivity contribution is 9.10. The quantitative estimate of drug-likeness (QED) is 0.751. The Morgan fingerprint density at radius 2 is 2.10 bits per heavy atom. The number of hydrogen-bond acceptors (Lipinski definition) is 5. The molecule has 1 atom stereocenters. The van der Waals surface area contributed by atoms with Crippen molar-refractivity contribution in [2.45, 2.75) is 23.0 Å². The highest BCUT2D eigenvalue weighted by Crippen LogP contribution is 2.25. The smallest absolute Gasteiger partial charge is 0.241 e. The molecule has 1 aliphatic heterocycles. The Morgan fingerprint density at radius 3 is 2.65 bits per heavy atom. The van der Waals surface area contributed by atoms with Crippen molar-refractivity contribution in [2.24, 2.45) is 0 Å². The number of sulfonamides is 1. The summed E-state index contributed by atoms with van der Waals surface area (Å²) in [5.41, 5.74) is 5.99. The number of nitrogen functional groups attached to an aromatic ring is 1. The second kappa shape index (κ2) is 5.63. The lowest BCUT2D eigenvalue weighted by Gasteiger charge is -2.12. The largest absolute Gasteiger partial charge is 0.399 e. The van der Waals surface area contributed by atoms with Crippen molar-refractivity contribution in [1.29, 1.82) is 0 Å². The summed E-state index contributed by atoms with van der Waals surface area (Å²) in [7, 11) is -6.93. The van der Waals surface area contributed by atoms with E-state index in [1.165, 1.54) is 18.2 Å². The Labute approximate surface area is 126 Å². The predicted molar refractivity (Wildman–Crippen MR) is 80.6 cm³/mol. The van der Waals surface area contributed by atoms with Crippen molar-refractivity contribution in [3.05, 3.63) is 22.7 Å². The first-order valence-electron chi connectivity index (χ1n) is 5.99. The molecular formula is C11H15BrN2O4S2. The molecule has 0 aromatic heterocycles. The number of hydrogen-bond donors (Lipinski definition) is 2. The molecular weight excluding hydrogens is 368 g/mol. The molecule has 1 saturated heterocycles. The highest BCUT2D eigenvalue weighted by Gasteiger charge is 2.32. The van der Waals surface area contributed by atoms with E-state index in [4.69, 9.17) is 5.73 Å². The summed E-state index contributed by atoms with van der Waals surface area (Å²) in [6, 6.07) is 4.34. The van der Waals surface area contributed by atoms with Crippen LogP contribution >= 0.6 is 15.9 Å². The molecule has 0 amide bonds. The van der Waals surface area contributed by atoms with Crippen LogP contribution in [0.3, 0.4) is 0 Å². The average Bonchev–Trinajstić information content (AvgIpc) is 2.65. The summed E-state index contributed by atoms with van der Waals surface area (Å²) >= 11 is 3.14. The van der Waals surface area contributed by atoms with Gasteiger partial charge in [-0.3, -0.25) is 0 Å². The van der Waals surface area contributed by atoms with E-state index < -0.39 is 25.1 Å². The van der Waals surface area contributed by atoms with Crippen molar-refractivity contribution in [3.8, 4) is 0 Å². The Hall–Kier alpha value is -0.640. The Bertz CT molecular complexity index is 716. The molecule has 0 radical (unpaired) electrons. The second-order valence-electron chi connectivity index (χ2n) is 4.67. The topological polar surface area (TPSA) is 106 Å². The van der Waals surface area contributed by atoms with Crippen molar-refractivity contribution in [1.82, 2.24) is 4.72 Å². The molecule has 1 aliphatic rings. The maximum atomic E-state index is 12.2. The highest BCUT2D eigenvalue weighted by atomic mass is 79.9. The standard InChI is InChI=1S/C11H15BrN2O4S2/c12-10-6-8(13)3-4-11(10)20(17,18)14-7-9-2-1-5-19(9,15)16/h3-4,6,9,14H,1-2,5,7,13H2. The number of sulfone groups is 1. The molecule has 0 bridgehead atoms. The van der Waals surface area contributed by atoms with Gasteiger partial charge in [-0.15, -0.1) is 0 Å².